The Kier molecular flexibility index (Phi) is 22.2. The highest BCUT2D eigenvalue weighted by molar-refractivity contribution is 5.80. The number of aliphatic hydroxyl groups is 14. The van der Waals surface area contributed by atoms with Gasteiger partial charge in [0.15, 0.2) is 54.3 Å². The van der Waals surface area contributed by atoms with E-state index in [-0.39, 0.29) is 73.3 Å². The molecule has 36 atom stereocenters. The maximum Gasteiger partial charge on any atom is 0.317 e. The molecule has 5 aliphatic carbocycles. The van der Waals surface area contributed by atoms with Crippen LogP contribution in [0.15, 0.2) is 48.0 Å². The van der Waals surface area contributed by atoms with E-state index in [4.69, 9.17) is 75.8 Å². The minimum atomic E-state index is -1.93. The summed E-state index contributed by atoms with van der Waals surface area (Å²) in [5, 5.41) is 152. The molecule has 7 saturated heterocycles. The van der Waals surface area contributed by atoms with E-state index in [9.17, 15) is 71.5 Å². The smallest absolute Gasteiger partial charge is 0.317 e. The van der Waals surface area contributed by atoms with E-state index in [1.165, 1.54) is 6.92 Å². The highest BCUT2D eigenvalue weighted by Gasteiger charge is 2.72. The summed E-state index contributed by atoms with van der Waals surface area (Å²) >= 11 is 0. The fourth-order valence-corrected chi connectivity index (χ4v) is 21.9. The molecule has 4 saturated carbocycles. The second kappa shape index (κ2) is 30.2. The number of benzene rings is 2. The monoisotopic (exact) mass is 1540 g/mol. The molecule has 0 bridgehead atoms. The number of fused-ring (bicyclic) bond motifs is 10. The lowest BCUT2D eigenvalue weighted by atomic mass is 9.33. The van der Waals surface area contributed by atoms with Crippen molar-refractivity contribution in [3.63, 3.8) is 0 Å². The summed E-state index contributed by atoms with van der Waals surface area (Å²) in [6.45, 7) is 19.1. The molecule has 9 heterocycles. The topological polar surface area (TPSA) is 448 Å². The van der Waals surface area contributed by atoms with Crippen molar-refractivity contribution in [2.24, 2.45) is 62.1 Å². The van der Waals surface area contributed by atoms with Gasteiger partial charge in [0.2, 0.25) is 19.9 Å². The standard InChI is InChI=1S/C58H94O25.C20H18O6/c1-23-44(80-47-40(69)34(63)27(60)21-74-47)38(67)42(71)48(76-23)79-33-13-14-55(7)30(54(33,5)6)12-15-56(8)31(55)11-10-25-26-18-53(3,4)16-17-58(26,32(62)19-57(25,56)9)52(73)83-51-46(35(64)28(61)22-75-51)82-49-43(72)39(68)45(24(2)77-49)81-50-41(70)37(66)36(65)29(20-59)78-50;1-3-15-17(25-9-23-15)5-11(1)19-13-7-22-20(14(13)8-21-19)12-2-4-16-18(6-12)26-10-24-16/h10,23-24,26-51,59-72H,11-22H2,1-9H3;1-6,13-14,19-20H,7-10H2. The van der Waals surface area contributed by atoms with E-state index in [1.807, 2.05) is 24.3 Å². The van der Waals surface area contributed by atoms with Crippen LogP contribution in [0, 0.1) is 62.1 Å². The molecule has 14 aliphatic rings. The van der Waals surface area contributed by atoms with Gasteiger partial charge in [0, 0.05) is 11.8 Å². The number of carbonyl (C=O) groups excluding carboxylic acids is 1. The Morgan fingerprint density at radius 1 is 0.495 bits per heavy atom. The molecular weight excluding hydrogens is 1430 g/mol. The van der Waals surface area contributed by atoms with Gasteiger partial charge in [-0.3, -0.25) is 4.79 Å². The zero-order valence-corrected chi connectivity index (χ0v) is 63.0. The molecule has 0 spiro atoms. The lowest BCUT2D eigenvalue weighted by Gasteiger charge is -2.71. The Labute approximate surface area is 632 Å². The molecule has 31 heteroatoms. The Morgan fingerprint density at radius 3 is 1.61 bits per heavy atom. The molecule has 2 aromatic rings. The Bertz CT molecular complexity index is 3530. The molecule has 2 aromatic carbocycles. The Hall–Kier alpha value is -4.15. The third kappa shape index (κ3) is 13.7. The Morgan fingerprint density at radius 2 is 1.02 bits per heavy atom. The SMILES string of the molecule is CC1OC(OC2CCC3(C)C(CCC4(C)C3CC=C3C5CC(C)(C)CCC5(C(=O)OC5OCC(O)C(O)C5OC5OC(C)C(OC6OC(CO)C(O)C(O)C6O)C(O)C5O)C(O)CC34C)C2(C)C)C(O)C(O)C1OC1OCC(O)C(O)C1O.c1cc2c(cc1C1OCC3C(c4ccc5c(c4)OCO5)OCC13)OCO2. The summed E-state index contributed by atoms with van der Waals surface area (Å²) in [4.78, 5) is 15.4. The van der Waals surface area contributed by atoms with Crippen molar-refractivity contribution in [3.05, 3.63) is 59.2 Å². The zero-order chi connectivity index (χ0) is 77.7. The minimum absolute atomic E-state index is 0.0218. The van der Waals surface area contributed by atoms with E-state index in [2.05, 4.69) is 66.7 Å². The van der Waals surface area contributed by atoms with Crippen molar-refractivity contribution >= 4 is 5.97 Å². The number of ether oxygens (including phenoxy) is 16. The van der Waals surface area contributed by atoms with Crippen molar-refractivity contribution in [3.8, 4) is 23.0 Å². The van der Waals surface area contributed by atoms with Gasteiger partial charge in [-0.1, -0.05) is 72.2 Å². The van der Waals surface area contributed by atoms with E-state index >= 15 is 4.79 Å². The molecule has 0 aromatic heterocycles. The van der Waals surface area contributed by atoms with Crippen LogP contribution in [0.1, 0.15) is 143 Å². The largest absolute Gasteiger partial charge is 0.454 e. The zero-order valence-electron chi connectivity index (χ0n) is 63.0. The van der Waals surface area contributed by atoms with Crippen LogP contribution in [0.3, 0.4) is 0 Å². The third-order valence-corrected chi connectivity index (χ3v) is 28.4. The molecule has 610 valence electrons. The molecule has 11 fully saturated rings. The average molecular weight is 1550 g/mol. The predicted molar refractivity (Wildman–Crippen MR) is 371 cm³/mol. The predicted octanol–water partition coefficient (Wildman–Crippen LogP) is 1.31. The van der Waals surface area contributed by atoms with Gasteiger partial charge in [0.1, 0.15) is 97.0 Å². The van der Waals surface area contributed by atoms with Gasteiger partial charge in [-0.25, -0.2) is 0 Å². The van der Waals surface area contributed by atoms with Gasteiger partial charge in [-0.05, 0) is 152 Å². The lowest BCUT2D eigenvalue weighted by Crippen LogP contribution is -2.68. The highest BCUT2D eigenvalue weighted by atomic mass is 16.8. The molecule has 36 unspecified atom stereocenters. The normalized spacial score (nSPS) is 49.3. The number of hydrogen-bond acceptors (Lipinski definition) is 31. The van der Waals surface area contributed by atoms with Crippen LogP contribution < -0.4 is 18.9 Å². The number of hydrogen-bond donors (Lipinski definition) is 14. The number of carbonyl (C=O) groups is 1. The molecule has 31 nitrogen and oxygen atoms in total. The van der Waals surface area contributed by atoms with E-state index in [1.54, 1.807) is 6.92 Å². The van der Waals surface area contributed by atoms with Crippen LogP contribution >= 0.6 is 0 Å². The summed E-state index contributed by atoms with van der Waals surface area (Å²) < 4.78 is 93.8. The Balaban J connectivity index is 0.000000301. The van der Waals surface area contributed by atoms with Crippen molar-refractivity contribution in [2.75, 3.05) is 46.6 Å². The van der Waals surface area contributed by atoms with Gasteiger partial charge >= 0.3 is 5.97 Å². The molecule has 109 heavy (non-hydrogen) atoms. The quantitative estimate of drug-likeness (QED) is 0.0764. The van der Waals surface area contributed by atoms with Crippen molar-refractivity contribution in [2.45, 2.75) is 286 Å². The van der Waals surface area contributed by atoms with Crippen LogP contribution in [0.4, 0.5) is 0 Å². The first-order chi connectivity index (χ1) is 51.6. The van der Waals surface area contributed by atoms with Crippen molar-refractivity contribution in [1.29, 1.82) is 0 Å². The number of aliphatic hydroxyl groups excluding tert-OH is 14. The van der Waals surface area contributed by atoms with Gasteiger partial charge in [0.25, 0.3) is 0 Å². The summed E-state index contributed by atoms with van der Waals surface area (Å²) in [6.07, 6.45) is -29.2. The van der Waals surface area contributed by atoms with Gasteiger partial charge < -0.3 is 147 Å². The second-order valence-corrected chi connectivity index (χ2v) is 35.3. The van der Waals surface area contributed by atoms with Crippen molar-refractivity contribution in [1.82, 2.24) is 0 Å². The van der Waals surface area contributed by atoms with Crippen LogP contribution in [-0.2, 0) is 61.6 Å². The molecule has 0 radical (unpaired) electrons. The van der Waals surface area contributed by atoms with Crippen LogP contribution in [-0.4, -0.2) is 278 Å². The first kappa shape index (κ1) is 80.1. The lowest BCUT2D eigenvalue weighted by molar-refractivity contribution is -0.374. The van der Waals surface area contributed by atoms with E-state index in [0.717, 1.165) is 59.0 Å². The summed E-state index contributed by atoms with van der Waals surface area (Å²) in [5.74, 6) is 2.82. The van der Waals surface area contributed by atoms with Crippen molar-refractivity contribution < 1.29 is 152 Å². The average Bonchev–Trinajstić information content (AvgIpc) is 1.00. The summed E-state index contributed by atoms with van der Waals surface area (Å²) in [6, 6.07) is 12.1. The molecule has 16 rings (SSSR count). The van der Waals surface area contributed by atoms with Crippen LogP contribution in [0.2, 0.25) is 0 Å². The van der Waals surface area contributed by atoms with Crippen LogP contribution in [0.25, 0.3) is 0 Å². The number of rotatable bonds is 13. The number of esters is 1. The summed E-state index contributed by atoms with van der Waals surface area (Å²) in [5.41, 5.74) is -0.0324. The van der Waals surface area contributed by atoms with E-state index in [0.29, 0.717) is 50.7 Å². The molecule has 0 amide bonds. The maximum absolute atomic E-state index is 15.4. The first-order valence-electron chi connectivity index (χ1n) is 38.9. The fraction of sp³-hybridized carbons (Fsp3) is 0.808. The molecular formula is C78H112O31. The molecule has 14 N–H and O–H groups in total. The van der Waals surface area contributed by atoms with Crippen LogP contribution in [0.5, 0.6) is 23.0 Å². The fourth-order valence-electron chi connectivity index (χ4n) is 21.9. The van der Waals surface area contributed by atoms with Gasteiger partial charge in [-0.2, -0.15) is 0 Å². The third-order valence-electron chi connectivity index (χ3n) is 28.4. The van der Waals surface area contributed by atoms with Gasteiger partial charge in [0.05, 0.1) is 69.7 Å². The summed E-state index contributed by atoms with van der Waals surface area (Å²) in [7, 11) is 0. The van der Waals surface area contributed by atoms with E-state index < -0.39 is 195 Å². The molecule has 9 aliphatic heterocycles. The highest BCUT2D eigenvalue weighted by Crippen LogP contribution is 2.76. The van der Waals surface area contributed by atoms with Gasteiger partial charge in [-0.15, -0.1) is 0 Å². The maximum atomic E-state index is 15.4. The first-order valence-corrected chi connectivity index (χ1v) is 38.9. The number of allylic oxidation sites excluding steroid dienone is 2. The second-order valence-electron chi connectivity index (χ2n) is 35.3. The minimum Gasteiger partial charge on any atom is -0.454 e.